The fourth-order valence-corrected chi connectivity index (χ4v) is 4.20. The summed E-state index contributed by atoms with van der Waals surface area (Å²) in [5.74, 6) is -0.0907. The maximum Gasteiger partial charge on any atom is 0.298 e. The number of anilines is 1. The number of benzene rings is 2. The zero-order valence-corrected chi connectivity index (χ0v) is 17.4. The maximum absolute atomic E-state index is 12.7. The van der Waals surface area contributed by atoms with Crippen molar-refractivity contribution >= 4 is 33.0 Å². The van der Waals surface area contributed by atoms with Gasteiger partial charge in [0.2, 0.25) is 15.9 Å². The molecule has 30 heavy (non-hydrogen) atoms. The van der Waals surface area contributed by atoms with Gasteiger partial charge in [-0.2, -0.15) is 4.98 Å². The minimum Gasteiger partial charge on any atom is -0.423 e. The van der Waals surface area contributed by atoms with Crippen LogP contribution in [0.1, 0.15) is 31.4 Å². The molecule has 2 heterocycles. The van der Waals surface area contributed by atoms with E-state index in [1.54, 1.807) is 12.1 Å². The fraction of sp³-hybridized carbons (Fsp3) is 0.333. The van der Waals surface area contributed by atoms with E-state index in [-0.39, 0.29) is 22.8 Å². The van der Waals surface area contributed by atoms with Crippen molar-refractivity contribution in [3.8, 4) is 0 Å². The molecule has 1 aliphatic rings. The molecule has 9 heteroatoms. The van der Waals surface area contributed by atoms with Gasteiger partial charge in [0.15, 0.2) is 5.58 Å². The zero-order chi connectivity index (χ0) is 21.3. The number of piperidine rings is 1. The number of amides is 1. The second-order valence-corrected chi connectivity index (χ2v) is 9.13. The van der Waals surface area contributed by atoms with E-state index < -0.39 is 10.0 Å². The fourth-order valence-electron chi connectivity index (χ4n) is 3.69. The van der Waals surface area contributed by atoms with Crippen molar-refractivity contribution in [1.82, 2.24) is 10.3 Å². The molecule has 1 saturated heterocycles. The number of primary sulfonamides is 1. The molecule has 0 unspecified atom stereocenters. The molecule has 1 aliphatic heterocycles. The summed E-state index contributed by atoms with van der Waals surface area (Å²) in [4.78, 5) is 19.4. The van der Waals surface area contributed by atoms with E-state index in [0.29, 0.717) is 31.9 Å². The van der Waals surface area contributed by atoms with E-state index in [4.69, 9.17) is 9.56 Å². The highest BCUT2D eigenvalue weighted by Gasteiger charge is 2.28. The third kappa shape index (κ3) is 4.31. The lowest BCUT2D eigenvalue weighted by atomic mass is 9.95. The number of fused-ring (bicyclic) bond motifs is 1. The SMILES string of the molecule is C[C@H](NC(=O)C1CCN(c2nc3ccccc3o2)CC1)c1ccc(S(N)(=O)=O)cc1. The van der Waals surface area contributed by atoms with Gasteiger partial charge in [0.05, 0.1) is 10.9 Å². The first-order chi connectivity index (χ1) is 14.3. The highest BCUT2D eigenvalue weighted by molar-refractivity contribution is 7.89. The van der Waals surface area contributed by atoms with Gasteiger partial charge in [-0.1, -0.05) is 24.3 Å². The summed E-state index contributed by atoms with van der Waals surface area (Å²) >= 11 is 0. The normalized spacial score (nSPS) is 16.5. The first kappa shape index (κ1) is 20.4. The van der Waals surface area contributed by atoms with Crippen LogP contribution in [0.5, 0.6) is 0 Å². The molecular formula is C21H24N4O4S. The van der Waals surface area contributed by atoms with Gasteiger partial charge < -0.3 is 14.6 Å². The molecule has 2 aromatic carbocycles. The van der Waals surface area contributed by atoms with Gasteiger partial charge in [0.1, 0.15) is 5.52 Å². The van der Waals surface area contributed by atoms with E-state index in [0.717, 1.165) is 16.7 Å². The Labute approximate surface area is 175 Å². The number of nitrogens with one attached hydrogen (secondary N) is 1. The second-order valence-electron chi connectivity index (χ2n) is 7.57. The molecular weight excluding hydrogens is 404 g/mol. The van der Waals surface area contributed by atoms with E-state index in [2.05, 4.69) is 15.2 Å². The van der Waals surface area contributed by atoms with Crippen LogP contribution in [0.25, 0.3) is 11.1 Å². The van der Waals surface area contributed by atoms with Gasteiger partial charge in [-0.3, -0.25) is 4.79 Å². The molecule has 3 N–H and O–H groups in total. The van der Waals surface area contributed by atoms with Crippen LogP contribution in [-0.2, 0) is 14.8 Å². The second kappa shape index (κ2) is 8.08. The van der Waals surface area contributed by atoms with Crippen LogP contribution in [0.2, 0.25) is 0 Å². The van der Waals surface area contributed by atoms with Gasteiger partial charge in [0, 0.05) is 19.0 Å². The Balaban J connectivity index is 1.33. The Morgan fingerprint density at radius 3 is 2.47 bits per heavy atom. The number of sulfonamides is 1. The number of hydrogen-bond donors (Lipinski definition) is 2. The van der Waals surface area contributed by atoms with E-state index in [9.17, 15) is 13.2 Å². The van der Waals surface area contributed by atoms with Crippen molar-refractivity contribution < 1.29 is 17.6 Å². The average Bonchev–Trinajstić information content (AvgIpc) is 3.17. The average molecular weight is 429 g/mol. The number of carbonyl (C=O) groups excluding carboxylic acids is 1. The summed E-state index contributed by atoms with van der Waals surface area (Å²) in [6, 6.07) is 14.2. The van der Waals surface area contributed by atoms with Crippen LogP contribution in [0.3, 0.4) is 0 Å². The van der Waals surface area contributed by atoms with E-state index in [1.165, 1.54) is 12.1 Å². The van der Waals surface area contributed by atoms with Gasteiger partial charge >= 0.3 is 0 Å². The number of carbonyl (C=O) groups is 1. The topological polar surface area (TPSA) is 119 Å². The Kier molecular flexibility index (Phi) is 5.48. The number of oxazole rings is 1. The van der Waals surface area contributed by atoms with E-state index >= 15 is 0 Å². The molecule has 8 nitrogen and oxygen atoms in total. The van der Waals surface area contributed by atoms with Gasteiger partial charge in [-0.25, -0.2) is 13.6 Å². The van der Waals surface area contributed by atoms with Crippen molar-refractivity contribution in [3.63, 3.8) is 0 Å². The maximum atomic E-state index is 12.7. The lowest BCUT2D eigenvalue weighted by molar-refractivity contribution is -0.126. The summed E-state index contributed by atoms with van der Waals surface area (Å²) < 4.78 is 28.6. The molecule has 1 aromatic heterocycles. The largest absolute Gasteiger partial charge is 0.423 e. The summed E-state index contributed by atoms with van der Waals surface area (Å²) in [5.41, 5.74) is 2.41. The zero-order valence-electron chi connectivity index (χ0n) is 16.6. The molecule has 1 amide bonds. The van der Waals surface area contributed by atoms with Crippen LogP contribution < -0.4 is 15.4 Å². The summed E-state index contributed by atoms with van der Waals surface area (Å²) in [7, 11) is -3.73. The van der Waals surface area contributed by atoms with Crippen molar-refractivity contribution in [2.45, 2.75) is 30.7 Å². The minimum atomic E-state index is -3.73. The predicted molar refractivity (Wildman–Crippen MR) is 113 cm³/mol. The van der Waals surface area contributed by atoms with Crippen molar-refractivity contribution in [1.29, 1.82) is 0 Å². The molecule has 4 rings (SSSR count). The van der Waals surface area contributed by atoms with Crippen molar-refractivity contribution in [2.24, 2.45) is 11.1 Å². The number of para-hydroxylation sites is 2. The molecule has 0 radical (unpaired) electrons. The first-order valence-corrected chi connectivity index (χ1v) is 11.4. The Morgan fingerprint density at radius 1 is 1.17 bits per heavy atom. The lowest BCUT2D eigenvalue weighted by Crippen LogP contribution is -2.41. The summed E-state index contributed by atoms with van der Waals surface area (Å²) in [6.45, 7) is 3.27. The number of nitrogens with two attached hydrogens (primary N) is 1. The Bertz CT molecular complexity index is 1120. The standard InChI is InChI=1S/C21H24N4O4S/c1-14(15-6-8-17(9-7-15)30(22,27)28)23-20(26)16-10-12-25(13-11-16)21-24-18-4-2-3-5-19(18)29-21/h2-9,14,16H,10-13H2,1H3,(H,23,26)(H2,22,27,28)/t14-/m0/s1. The van der Waals surface area contributed by atoms with Crippen LogP contribution >= 0.6 is 0 Å². The van der Waals surface area contributed by atoms with Crippen LogP contribution in [0.15, 0.2) is 57.8 Å². The molecule has 158 valence electrons. The molecule has 1 fully saturated rings. The third-order valence-electron chi connectivity index (χ3n) is 5.49. The van der Waals surface area contributed by atoms with Crippen LogP contribution in [0, 0.1) is 5.92 Å². The Hall–Kier alpha value is -2.91. The van der Waals surface area contributed by atoms with Crippen LogP contribution in [-0.4, -0.2) is 32.4 Å². The number of nitrogens with zero attached hydrogens (tertiary/aromatic N) is 2. The van der Waals surface area contributed by atoms with Crippen LogP contribution in [0.4, 0.5) is 6.01 Å². The molecule has 0 aliphatic carbocycles. The summed E-state index contributed by atoms with van der Waals surface area (Å²) in [5, 5.41) is 8.15. The highest BCUT2D eigenvalue weighted by Crippen LogP contribution is 2.27. The number of aromatic nitrogens is 1. The van der Waals surface area contributed by atoms with Crippen molar-refractivity contribution in [2.75, 3.05) is 18.0 Å². The highest BCUT2D eigenvalue weighted by atomic mass is 32.2. The monoisotopic (exact) mass is 428 g/mol. The molecule has 3 aromatic rings. The summed E-state index contributed by atoms with van der Waals surface area (Å²) in [6.07, 6.45) is 1.42. The number of rotatable bonds is 5. The van der Waals surface area contributed by atoms with Gasteiger partial charge in [-0.05, 0) is 49.6 Å². The van der Waals surface area contributed by atoms with Crippen molar-refractivity contribution in [3.05, 3.63) is 54.1 Å². The minimum absolute atomic E-state index is 0.00441. The van der Waals surface area contributed by atoms with Gasteiger partial charge in [-0.15, -0.1) is 0 Å². The quantitative estimate of drug-likeness (QED) is 0.645. The third-order valence-corrected chi connectivity index (χ3v) is 6.42. The number of hydrogen-bond acceptors (Lipinski definition) is 6. The molecule has 1 atom stereocenters. The predicted octanol–water partition coefficient (Wildman–Crippen LogP) is 2.57. The first-order valence-electron chi connectivity index (χ1n) is 9.85. The molecule has 0 saturated carbocycles. The smallest absolute Gasteiger partial charge is 0.298 e. The van der Waals surface area contributed by atoms with E-state index in [1.807, 2.05) is 31.2 Å². The lowest BCUT2D eigenvalue weighted by Gasteiger charge is -2.30. The Morgan fingerprint density at radius 2 is 1.83 bits per heavy atom. The molecule has 0 spiro atoms. The van der Waals surface area contributed by atoms with Gasteiger partial charge in [0.25, 0.3) is 6.01 Å². The molecule has 0 bridgehead atoms.